The lowest BCUT2D eigenvalue weighted by Gasteiger charge is -2.16. The van der Waals surface area contributed by atoms with E-state index in [2.05, 4.69) is 60.7 Å². The second-order valence-electron chi connectivity index (χ2n) is 4.78. The zero-order valence-corrected chi connectivity index (χ0v) is 10.9. The third-order valence-corrected chi connectivity index (χ3v) is 3.37. The highest BCUT2D eigenvalue weighted by Crippen LogP contribution is 2.22. The average molecular weight is 247 g/mol. The molecular formula is C18H17N. The molecule has 0 fully saturated rings. The molecule has 2 aromatic carbocycles. The first-order valence-corrected chi connectivity index (χ1v) is 6.79. The standard InChI is InChI=1S/C18H17N/c1-3-8-15(9-4-1)14-17-12-7-13-19-18(17)16-10-5-2-6-11-16/h1-6,8-11,14H,7,12-13H2. The molecule has 1 heteroatoms. The first kappa shape index (κ1) is 11.9. The second kappa shape index (κ2) is 5.66. The number of allylic oxidation sites excluding steroid dienone is 1. The van der Waals surface area contributed by atoms with E-state index in [1.165, 1.54) is 16.7 Å². The van der Waals surface area contributed by atoms with Crippen molar-refractivity contribution < 1.29 is 0 Å². The van der Waals surface area contributed by atoms with Gasteiger partial charge in [-0.1, -0.05) is 60.7 Å². The van der Waals surface area contributed by atoms with Crippen LogP contribution in [0.2, 0.25) is 0 Å². The molecule has 94 valence electrons. The molecular weight excluding hydrogens is 230 g/mol. The van der Waals surface area contributed by atoms with Gasteiger partial charge < -0.3 is 0 Å². The third-order valence-electron chi connectivity index (χ3n) is 3.37. The zero-order chi connectivity index (χ0) is 12.9. The van der Waals surface area contributed by atoms with Crippen LogP contribution in [-0.2, 0) is 0 Å². The van der Waals surface area contributed by atoms with Crippen molar-refractivity contribution in [2.75, 3.05) is 6.54 Å². The van der Waals surface area contributed by atoms with Gasteiger partial charge >= 0.3 is 0 Å². The van der Waals surface area contributed by atoms with E-state index in [-0.39, 0.29) is 0 Å². The summed E-state index contributed by atoms with van der Waals surface area (Å²) in [5.41, 5.74) is 4.99. The molecule has 1 aliphatic heterocycles. The predicted molar refractivity (Wildman–Crippen MR) is 81.5 cm³/mol. The molecule has 0 radical (unpaired) electrons. The van der Waals surface area contributed by atoms with Crippen molar-refractivity contribution in [3.8, 4) is 0 Å². The number of hydrogen-bond donors (Lipinski definition) is 0. The van der Waals surface area contributed by atoms with Gasteiger partial charge in [0.05, 0.1) is 5.71 Å². The van der Waals surface area contributed by atoms with Crippen molar-refractivity contribution in [1.82, 2.24) is 0 Å². The molecule has 0 N–H and O–H groups in total. The molecule has 0 aromatic heterocycles. The zero-order valence-electron chi connectivity index (χ0n) is 10.9. The fourth-order valence-electron chi connectivity index (χ4n) is 2.44. The molecule has 2 aromatic rings. The van der Waals surface area contributed by atoms with Crippen LogP contribution in [0.15, 0.2) is 71.2 Å². The van der Waals surface area contributed by atoms with Crippen molar-refractivity contribution in [1.29, 1.82) is 0 Å². The first-order valence-electron chi connectivity index (χ1n) is 6.79. The molecule has 0 amide bonds. The van der Waals surface area contributed by atoms with Crippen LogP contribution in [-0.4, -0.2) is 12.3 Å². The van der Waals surface area contributed by atoms with Gasteiger partial charge in [0, 0.05) is 6.54 Å². The van der Waals surface area contributed by atoms with E-state index >= 15 is 0 Å². The Balaban J connectivity index is 1.98. The van der Waals surface area contributed by atoms with Crippen LogP contribution in [0, 0.1) is 0 Å². The Bertz CT molecular complexity index is 594. The van der Waals surface area contributed by atoms with Gasteiger partial charge in [-0.2, -0.15) is 0 Å². The van der Waals surface area contributed by atoms with E-state index in [1.807, 2.05) is 6.07 Å². The maximum absolute atomic E-state index is 4.73. The van der Waals surface area contributed by atoms with Crippen LogP contribution < -0.4 is 0 Å². The summed E-state index contributed by atoms with van der Waals surface area (Å²) < 4.78 is 0. The number of hydrogen-bond acceptors (Lipinski definition) is 1. The molecule has 0 unspecified atom stereocenters. The Morgan fingerprint density at radius 2 is 1.53 bits per heavy atom. The normalized spacial score (nSPS) is 17.3. The Labute approximate surface area is 114 Å². The number of rotatable bonds is 2. The minimum atomic E-state index is 0.941. The predicted octanol–water partition coefficient (Wildman–Crippen LogP) is 4.35. The molecule has 1 aliphatic rings. The maximum Gasteiger partial charge on any atom is 0.0678 e. The molecule has 0 saturated heterocycles. The van der Waals surface area contributed by atoms with Gasteiger partial charge in [-0.3, -0.25) is 4.99 Å². The van der Waals surface area contributed by atoms with Crippen LogP contribution >= 0.6 is 0 Å². The molecule has 0 aliphatic carbocycles. The third kappa shape index (κ3) is 2.82. The number of aliphatic imine (C=N–C) groups is 1. The van der Waals surface area contributed by atoms with Gasteiger partial charge in [0.1, 0.15) is 0 Å². The lowest BCUT2D eigenvalue weighted by Crippen LogP contribution is -2.11. The van der Waals surface area contributed by atoms with Crippen LogP contribution in [0.5, 0.6) is 0 Å². The van der Waals surface area contributed by atoms with Crippen molar-refractivity contribution in [2.24, 2.45) is 4.99 Å². The molecule has 19 heavy (non-hydrogen) atoms. The van der Waals surface area contributed by atoms with Crippen molar-refractivity contribution in [2.45, 2.75) is 12.8 Å². The summed E-state index contributed by atoms with van der Waals surface area (Å²) in [7, 11) is 0. The van der Waals surface area contributed by atoms with Gasteiger partial charge in [-0.15, -0.1) is 0 Å². The lowest BCUT2D eigenvalue weighted by molar-refractivity contribution is 0.818. The van der Waals surface area contributed by atoms with Crippen molar-refractivity contribution in [3.63, 3.8) is 0 Å². The smallest absolute Gasteiger partial charge is 0.0678 e. The Morgan fingerprint density at radius 3 is 2.26 bits per heavy atom. The van der Waals surface area contributed by atoms with Gasteiger partial charge in [-0.05, 0) is 35.6 Å². The largest absolute Gasteiger partial charge is 0.284 e. The van der Waals surface area contributed by atoms with Crippen molar-refractivity contribution >= 4 is 11.8 Å². The summed E-state index contributed by atoms with van der Waals surface area (Å²) in [4.78, 5) is 4.73. The SMILES string of the molecule is C(=C1CCCN=C1c1ccccc1)c1ccccc1. The summed E-state index contributed by atoms with van der Waals surface area (Å²) in [6.07, 6.45) is 4.53. The van der Waals surface area contributed by atoms with E-state index in [0.717, 1.165) is 25.1 Å². The van der Waals surface area contributed by atoms with Gasteiger partial charge in [0.15, 0.2) is 0 Å². The molecule has 3 rings (SSSR count). The Morgan fingerprint density at radius 1 is 0.842 bits per heavy atom. The summed E-state index contributed by atoms with van der Waals surface area (Å²) in [6, 6.07) is 21.0. The summed E-state index contributed by atoms with van der Waals surface area (Å²) >= 11 is 0. The van der Waals surface area contributed by atoms with Crippen LogP contribution in [0.1, 0.15) is 24.0 Å². The summed E-state index contributed by atoms with van der Waals surface area (Å²) in [5, 5.41) is 0. The van der Waals surface area contributed by atoms with Gasteiger partial charge in [-0.25, -0.2) is 0 Å². The quantitative estimate of drug-likeness (QED) is 0.748. The van der Waals surface area contributed by atoms with E-state index < -0.39 is 0 Å². The highest BCUT2D eigenvalue weighted by Gasteiger charge is 2.13. The minimum Gasteiger partial charge on any atom is -0.284 e. The monoisotopic (exact) mass is 247 g/mol. The van der Waals surface area contributed by atoms with Crippen LogP contribution in [0.4, 0.5) is 0 Å². The Hall–Kier alpha value is -2.15. The molecule has 0 saturated carbocycles. The van der Waals surface area contributed by atoms with E-state index in [0.29, 0.717) is 0 Å². The van der Waals surface area contributed by atoms with Gasteiger partial charge in [0.2, 0.25) is 0 Å². The topological polar surface area (TPSA) is 12.4 Å². The summed E-state index contributed by atoms with van der Waals surface area (Å²) in [6.45, 7) is 0.941. The Kier molecular flexibility index (Phi) is 3.55. The first-order chi connectivity index (χ1) is 9.43. The average Bonchev–Trinajstić information content (AvgIpc) is 2.50. The molecule has 0 atom stereocenters. The number of nitrogens with zero attached hydrogens (tertiary/aromatic N) is 1. The maximum atomic E-state index is 4.73. The fourth-order valence-corrected chi connectivity index (χ4v) is 2.44. The minimum absolute atomic E-state index is 0.941. The van der Waals surface area contributed by atoms with E-state index in [9.17, 15) is 0 Å². The van der Waals surface area contributed by atoms with Crippen LogP contribution in [0.3, 0.4) is 0 Å². The van der Waals surface area contributed by atoms with Crippen molar-refractivity contribution in [3.05, 3.63) is 77.4 Å². The van der Waals surface area contributed by atoms with E-state index in [4.69, 9.17) is 4.99 Å². The lowest BCUT2D eigenvalue weighted by atomic mass is 9.94. The second-order valence-corrected chi connectivity index (χ2v) is 4.78. The fraction of sp³-hybridized carbons (Fsp3) is 0.167. The van der Waals surface area contributed by atoms with E-state index in [1.54, 1.807) is 0 Å². The molecule has 0 spiro atoms. The highest BCUT2D eigenvalue weighted by atomic mass is 14.7. The summed E-state index contributed by atoms with van der Waals surface area (Å²) in [5.74, 6) is 0. The molecule has 1 heterocycles. The molecule has 1 nitrogen and oxygen atoms in total. The highest BCUT2D eigenvalue weighted by molar-refractivity contribution is 6.15. The van der Waals surface area contributed by atoms with Crippen LogP contribution in [0.25, 0.3) is 6.08 Å². The molecule has 0 bridgehead atoms. The number of benzene rings is 2. The van der Waals surface area contributed by atoms with Gasteiger partial charge in [0.25, 0.3) is 0 Å².